The molecule has 0 saturated carbocycles. The van der Waals surface area contributed by atoms with Gasteiger partial charge in [-0.3, -0.25) is 4.57 Å². The Kier molecular flexibility index (Phi) is 4.63. The minimum atomic E-state index is -3.40. The third-order valence-corrected chi connectivity index (χ3v) is 5.82. The van der Waals surface area contributed by atoms with Crippen LogP contribution < -0.4 is 15.5 Å². The van der Waals surface area contributed by atoms with Crippen molar-refractivity contribution in [1.29, 1.82) is 0 Å². The summed E-state index contributed by atoms with van der Waals surface area (Å²) in [5.41, 5.74) is 0.600. The van der Waals surface area contributed by atoms with E-state index in [0.717, 1.165) is 0 Å². The van der Waals surface area contributed by atoms with Gasteiger partial charge in [0.1, 0.15) is 0 Å². The number of aromatic nitrogens is 1. The Hall–Kier alpha value is -1.16. The van der Waals surface area contributed by atoms with Crippen LogP contribution in [0.15, 0.2) is 46.9 Å². The van der Waals surface area contributed by atoms with Gasteiger partial charge >= 0.3 is 7.37 Å². The van der Waals surface area contributed by atoms with Crippen molar-refractivity contribution in [2.75, 3.05) is 6.61 Å². The molecule has 1 atom stereocenters. The number of pyridine rings is 1. The van der Waals surface area contributed by atoms with E-state index >= 15 is 0 Å². The quantitative estimate of drug-likeness (QED) is 0.481. The maximum absolute atomic E-state index is 13.3. The standard InChI is InChI=1S/C14H15BrNO3P/c1-3-19-20(18,13-7-5-4-6-8-13)14-10-12(15)9-11(2)16(14)17/h4-10H,3H2,1-2H3. The molecule has 20 heavy (non-hydrogen) atoms. The molecule has 0 fully saturated rings. The summed E-state index contributed by atoms with van der Waals surface area (Å²) in [7, 11) is -3.40. The summed E-state index contributed by atoms with van der Waals surface area (Å²) in [5, 5.41) is 12.8. The van der Waals surface area contributed by atoms with E-state index in [4.69, 9.17) is 4.52 Å². The predicted octanol–water partition coefficient (Wildman–Crippen LogP) is 2.66. The Bertz CT molecular complexity index is 661. The molecule has 0 aliphatic carbocycles. The van der Waals surface area contributed by atoms with Gasteiger partial charge < -0.3 is 9.73 Å². The minimum Gasteiger partial charge on any atom is -0.618 e. The zero-order chi connectivity index (χ0) is 14.8. The SMILES string of the molecule is CCOP(=O)(c1ccccc1)c1cc(Br)cc(C)[n+]1[O-]. The Morgan fingerprint density at radius 3 is 2.55 bits per heavy atom. The highest BCUT2D eigenvalue weighted by molar-refractivity contribution is 9.10. The molecule has 0 spiro atoms. The van der Waals surface area contributed by atoms with Crippen molar-refractivity contribution < 1.29 is 13.8 Å². The van der Waals surface area contributed by atoms with Crippen molar-refractivity contribution in [2.24, 2.45) is 0 Å². The van der Waals surface area contributed by atoms with Crippen molar-refractivity contribution in [3.63, 3.8) is 0 Å². The van der Waals surface area contributed by atoms with Gasteiger partial charge in [0.2, 0.25) is 0 Å². The summed E-state index contributed by atoms with van der Waals surface area (Å²) in [4.78, 5) is 0. The van der Waals surface area contributed by atoms with Crippen LogP contribution in [-0.4, -0.2) is 6.61 Å². The van der Waals surface area contributed by atoms with E-state index in [1.165, 1.54) is 0 Å². The van der Waals surface area contributed by atoms with E-state index in [1.54, 1.807) is 50.2 Å². The van der Waals surface area contributed by atoms with Crippen LogP contribution in [0, 0.1) is 12.1 Å². The summed E-state index contributed by atoms with van der Waals surface area (Å²) < 4.78 is 20.2. The van der Waals surface area contributed by atoms with Gasteiger partial charge in [-0.1, -0.05) is 34.1 Å². The van der Waals surface area contributed by atoms with Gasteiger partial charge in [-0.05, 0) is 19.1 Å². The van der Waals surface area contributed by atoms with Gasteiger partial charge in [0, 0.05) is 28.8 Å². The van der Waals surface area contributed by atoms with E-state index in [1.807, 2.05) is 6.07 Å². The molecule has 0 saturated heterocycles. The average molecular weight is 356 g/mol. The third-order valence-electron chi connectivity index (χ3n) is 2.85. The van der Waals surface area contributed by atoms with Crippen molar-refractivity contribution in [3.05, 3.63) is 57.8 Å². The van der Waals surface area contributed by atoms with Gasteiger partial charge in [-0.15, -0.1) is 0 Å². The summed E-state index contributed by atoms with van der Waals surface area (Å²) in [5.74, 6) is 0. The van der Waals surface area contributed by atoms with E-state index in [9.17, 15) is 9.77 Å². The molecule has 4 nitrogen and oxygen atoms in total. The minimum absolute atomic E-state index is 0.137. The van der Waals surface area contributed by atoms with Gasteiger partial charge in [0.15, 0.2) is 5.69 Å². The number of hydrogen-bond donors (Lipinski definition) is 0. The monoisotopic (exact) mass is 355 g/mol. The summed E-state index contributed by atoms with van der Waals surface area (Å²) in [6, 6.07) is 12.1. The third kappa shape index (κ3) is 2.80. The van der Waals surface area contributed by atoms with Crippen LogP contribution in [0.5, 0.6) is 0 Å². The van der Waals surface area contributed by atoms with Crippen LogP contribution in [-0.2, 0) is 9.09 Å². The lowest BCUT2D eigenvalue weighted by molar-refractivity contribution is -0.593. The molecule has 2 aromatic rings. The predicted molar refractivity (Wildman–Crippen MR) is 82.8 cm³/mol. The Labute approximate surface area is 126 Å². The molecular formula is C14H15BrNO3P. The molecule has 2 rings (SSSR count). The zero-order valence-corrected chi connectivity index (χ0v) is 13.7. The first-order chi connectivity index (χ1) is 9.49. The second-order valence-corrected chi connectivity index (χ2v) is 7.52. The largest absolute Gasteiger partial charge is 0.618 e. The fraction of sp³-hybridized carbons (Fsp3) is 0.214. The summed E-state index contributed by atoms with van der Waals surface area (Å²) >= 11 is 3.33. The molecule has 0 aliphatic rings. The molecule has 1 aromatic carbocycles. The molecule has 0 aliphatic heterocycles. The van der Waals surface area contributed by atoms with E-state index in [-0.39, 0.29) is 12.0 Å². The molecule has 0 N–H and O–H groups in total. The van der Waals surface area contributed by atoms with Crippen LogP contribution in [0.3, 0.4) is 0 Å². The van der Waals surface area contributed by atoms with Crippen LogP contribution in [0.4, 0.5) is 0 Å². The van der Waals surface area contributed by atoms with Crippen LogP contribution in [0.2, 0.25) is 0 Å². The maximum Gasteiger partial charge on any atom is 0.325 e. The van der Waals surface area contributed by atoms with E-state index in [0.29, 0.717) is 20.2 Å². The highest BCUT2D eigenvalue weighted by Crippen LogP contribution is 2.43. The van der Waals surface area contributed by atoms with Gasteiger partial charge in [0.25, 0.3) is 5.44 Å². The fourth-order valence-electron chi connectivity index (χ4n) is 1.95. The highest BCUT2D eigenvalue weighted by Gasteiger charge is 2.36. The lowest BCUT2D eigenvalue weighted by atomic mass is 10.4. The molecule has 0 amide bonds. The number of rotatable bonds is 4. The van der Waals surface area contributed by atoms with Crippen LogP contribution in [0.25, 0.3) is 0 Å². The molecule has 1 aromatic heterocycles. The van der Waals surface area contributed by atoms with Gasteiger partial charge in [-0.25, -0.2) is 0 Å². The van der Waals surface area contributed by atoms with E-state index < -0.39 is 7.37 Å². The Morgan fingerprint density at radius 2 is 1.95 bits per heavy atom. The lowest BCUT2D eigenvalue weighted by Crippen LogP contribution is -2.48. The van der Waals surface area contributed by atoms with Crippen molar-refractivity contribution in [1.82, 2.24) is 0 Å². The number of halogens is 1. The smallest absolute Gasteiger partial charge is 0.325 e. The summed E-state index contributed by atoms with van der Waals surface area (Å²) in [6.07, 6.45) is 0. The van der Waals surface area contributed by atoms with Crippen LogP contribution in [0.1, 0.15) is 12.6 Å². The van der Waals surface area contributed by atoms with Crippen molar-refractivity contribution in [2.45, 2.75) is 13.8 Å². The first-order valence-corrected chi connectivity index (χ1v) is 8.61. The molecule has 6 heteroatoms. The Morgan fingerprint density at radius 1 is 1.30 bits per heavy atom. The van der Waals surface area contributed by atoms with Crippen molar-refractivity contribution >= 4 is 34.0 Å². The van der Waals surface area contributed by atoms with Crippen LogP contribution >= 0.6 is 23.3 Å². The molecule has 106 valence electrons. The normalized spacial score (nSPS) is 13.9. The first-order valence-electron chi connectivity index (χ1n) is 6.19. The summed E-state index contributed by atoms with van der Waals surface area (Å²) in [6.45, 7) is 3.69. The second-order valence-electron chi connectivity index (χ2n) is 4.27. The Balaban J connectivity index is 2.69. The molecule has 1 heterocycles. The fourth-order valence-corrected chi connectivity index (χ4v) is 4.85. The molecular weight excluding hydrogens is 341 g/mol. The topological polar surface area (TPSA) is 53.2 Å². The first kappa shape index (κ1) is 15.2. The van der Waals surface area contributed by atoms with Gasteiger partial charge in [-0.2, -0.15) is 4.73 Å². The number of nitrogens with zero attached hydrogens (tertiary/aromatic N) is 1. The highest BCUT2D eigenvalue weighted by atomic mass is 79.9. The number of benzene rings is 1. The zero-order valence-electron chi connectivity index (χ0n) is 11.2. The molecule has 0 bridgehead atoms. The second kappa shape index (κ2) is 6.08. The molecule has 1 unspecified atom stereocenters. The van der Waals surface area contributed by atoms with E-state index in [2.05, 4.69) is 15.9 Å². The number of hydrogen-bond acceptors (Lipinski definition) is 3. The van der Waals surface area contributed by atoms with Crippen molar-refractivity contribution in [3.8, 4) is 0 Å². The molecule has 0 radical (unpaired) electrons. The lowest BCUT2D eigenvalue weighted by Gasteiger charge is -2.18. The average Bonchev–Trinajstić information content (AvgIpc) is 2.44. The van der Waals surface area contributed by atoms with Gasteiger partial charge in [0.05, 0.1) is 6.61 Å². The number of aryl methyl sites for hydroxylation is 1. The maximum atomic E-state index is 13.3.